The number of rotatable bonds is 12. The molecule has 0 unspecified atom stereocenters. The number of hydrogen-bond donors (Lipinski definition) is 0. The van der Waals surface area contributed by atoms with Crippen LogP contribution in [0.3, 0.4) is 0 Å². The fourth-order valence-corrected chi connectivity index (χ4v) is 29.5. The zero-order valence-electron chi connectivity index (χ0n) is 49.3. The van der Waals surface area contributed by atoms with Crippen molar-refractivity contribution in [1.82, 2.24) is 8.35 Å². The molecular formula is C78H60CrN4O4P4. The minimum absolute atomic E-state index is 0. The van der Waals surface area contributed by atoms with Gasteiger partial charge in [-0.2, -0.15) is 0 Å². The summed E-state index contributed by atoms with van der Waals surface area (Å²) in [6, 6.07) is 131. The van der Waals surface area contributed by atoms with Gasteiger partial charge in [-0.25, -0.2) is 0 Å². The summed E-state index contributed by atoms with van der Waals surface area (Å²) in [5.41, 5.74) is 0. The van der Waals surface area contributed by atoms with Crippen molar-refractivity contribution in [2.45, 2.75) is 0 Å². The van der Waals surface area contributed by atoms with E-state index in [1.165, 1.54) is 63.7 Å². The maximum atomic E-state index is 7.50. The summed E-state index contributed by atoms with van der Waals surface area (Å²) >= 11 is 0. The Morgan fingerprint density at radius 3 is 0.297 bits per heavy atom. The first-order valence-electron chi connectivity index (χ1n) is 27.7. The molecule has 0 bridgehead atoms. The van der Waals surface area contributed by atoms with Gasteiger partial charge in [0.2, 0.25) is 0 Å². The molecule has 8 nitrogen and oxygen atoms in total. The van der Waals surface area contributed by atoms with Crippen molar-refractivity contribution in [3.05, 3.63) is 404 Å². The average molecular weight is 1290 g/mol. The SMILES string of the molecule is [C-]#N.[C-]#N.[C-]#[O+].[C-]#[O+].[C-]#[O+].[C-]#[O+].[Cr].c1ccc(P(=[N+]=P(c2ccccc2)(c2ccccc2)c2ccccc2)(c2ccccc2)c2ccccc2)cc1.c1ccc(P(=[N+]=P(c2ccccc2)(c2ccccc2)c2ccccc2)(c2ccccc2)c2ccccc2)cc1. The van der Waals surface area contributed by atoms with Crippen LogP contribution in [0.5, 0.6) is 0 Å². The summed E-state index contributed by atoms with van der Waals surface area (Å²) < 4.78 is 42.8. The average Bonchev–Trinajstić information content (AvgIpc) is 0.753. The second-order valence-corrected chi connectivity index (χ2v) is 31.5. The van der Waals surface area contributed by atoms with Crippen molar-refractivity contribution in [2.24, 2.45) is 0 Å². The Labute approximate surface area is 546 Å². The molecule has 12 aromatic carbocycles. The fraction of sp³-hybridized carbons (Fsp3) is 0. The maximum absolute atomic E-state index is 7.50. The number of nitrogens with zero attached hydrogens (tertiary/aromatic N) is 4. The normalized spacial score (nSPS) is 9.98. The monoisotopic (exact) mass is 1290 g/mol. The van der Waals surface area contributed by atoms with E-state index in [2.05, 4.69) is 391 Å². The van der Waals surface area contributed by atoms with Crippen molar-refractivity contribution in [3.8, 4) is 0 Å². The summed E-state index contributed by atoms with van der Waals surface area (Å²) in [5.74, 6) is 0. The van der Waals surface area contributed by atoms with Gasteiger partial charge in [-0.1, -0.05) is 218 Å². The Kier molecular flexibility index (Phi) is 32.4. The molecule has 0 amide bonds. The van der Waals surface area contributed by atoms with Gasteiger partial charge in [-0.3, -0.25) is 0 Å². The van der Waals surface area contributed by atoms with Crippen LogP contribution in [0.15, 0.2) is 364 Å². The van der Waals surface area contributed by atoms with Gasteiger partial charge in [-0.05, 0) is 146 Å². The summed E-state index contributed by atoms with van der Waals surface area (Å²) in [6.07, 6.45) is 0. The van der Waals surface area contributed by atoms with Crippen molar-refractivity contribution in [2.75, 3.05) is 0 Å². The molecule has 0 radical (unpaired) electrons. The van der Waals surface area contributed by atoms with Crippen LogP contribution < -0.4 is 72.0 Å². The standard InChI is InChI=1S/2C36H30NP2.2CN.4CO.Cr/c2*1-7-19-31(20-8-1)38(32-21-9-2-10-22-32,33-23-11-3-12-24-33)37-39(34-25-13-4-14-26-34,35-27-15-5-16-28-35)36-29-17-6-18-30-36;6*1-2;/h2*1-30H;;;;;;;/q2*+1;2*-1;;;;;. The Morgan fingerprint density at radius 2 is 0.231 bits per heavy atom. The van der Waals surface area contributed by atoms with Crippen LogP contribution in [-0.4, -0.2) is 0 Å². The van der Waals surface area contributed by atoms with Gasteiger partial charge in [0.1, 0.15) is 0 Å². The first-order valence-corrected chi connectivity index (χ1v) is 34.6. The predicted molar refractivity (Wildman–Crippen MR) is 371 cm³/mol. The van der Waals surface area contributed by atoms with E-state index in [1.807, 2.05) is 0 Å². The molecule has 0 atom stereocenters. The first kappa shape index (κ1) is 73.7. The molecule has 0 aliphatic heterocycles. The van der Waals surface area contributed by atoms with Crippen molar-refractivity contribution >= 4 is 91.9 Å². The third kappa shape index (κ3) is 17.0. The molecule has 0 heterocycles. The molecule has 0 aliphatic carbocycles. The summed E-state index contributed by atoms with van der Waals surface area (Å²) in [7, 11) is -9.99. The van der Waals surface area contributed by atoms with Crippen LogP contribution >= 0.6 is 28.2 Å². The van der Waals surface area contributed by atoms with Crippen molar-refractivity contribution in [1.29, 1.82) is 10.5 Å². The second kappa shape index (κ2) is 40.0. The zero-order chi connectivity index (χ0) is 64.8. The summed E-state index contributed by atoms with van der Waals surface area (Å²) in [5, 5.41) is 27.6. The number of benzene rings is 12. The Morgan fingerprint density at radius 1 is 0.165 bits per heavy atom. The molecule has 0 N–H and O–H groups in total. The van der Waals surface area contributed by atoms with Crippen LogP contribution in [0.25, 0.3) is 0 Å². The molecule has 91 heavy (non-hydrogen) atoms. The maximum Gasteiger partial charge on any atom is 0.301 e. The number of hydrogen-bond acceptors (Lipinski definition) is 2. The third-order valence-corrected chi connectivity index (χ3v) is 30.9. The summed E-state index contributed by atoms with van der Waals surface area (Å²) in [6.45, 7) is 27.5. The third-order valence-electron chi connectivity index (χ3n) is 14.1. The molecule has 0 saturated heterocycles. The van der Waals surface area contributed by atoms with E-state index in [9.17, 15) is 0 Å². The minimum atomic E-state index is -2.50. The first-order chi connectivity index (χ1) is 44.7. The predicted octanol–water partition coefficient (Wildman–Crippen LogP) is 12.9. The van der Waals surface area contributed by atoms with Gasteiger partial charge >= 0.3 is 73.4 Å². The van der Waals surface area contributed by atoms with E-state index in [-0.39, 0.29) is 17.4 Å². The van der Waals surface area contributed by atoms with Crippen LogP contribution in [0.4, 0.5) is 0 Å². The van der Waals surface area contributed by atoms with Crippen LogP contribution in [0.2, 0.25) is 0 Å². The molecule has 0 saturated carbocycles. The van der Waals surface area contributed by atoms with E-state index < -0.39 is 28.2 Å². The molecular weight excluding hydrogens is 1230 g/mol. The largest absolute Gasteiger partial charge is 0.301 e. The van der Waals surface area contributed by atoms with Crippen molar-refractivity contribution in [3.63, 3.8) is 0 Å². The van der Waals surface area contributed by atoms with Crippen LogP contribution in [-0.2, 0) is 36.0 Å². The zero-order valence-corrected chi connectivity index (χ0v) is 54.1. The molecule has 442 valence electrons. The molecule has 12 aromatic rings. The van der Waals surface area contributed by atoms with E-state index in [1.54, 1.807) is 0 Å². The summed E-state index contributed by atoms with van der Waals surface area (Å²) in [4.78, 5) is 0. The van der Waals surface area contributed by atoms with E-state index in [0.29, 0.717) is 0 Å². The Hall–Kier alpha value is -9.75. The van der Waals surface area contributed by atoms with E-state index in [0.717, 1.165) is 0 Å². The smallest absolute Gasteiger partial charge is 0.148 e. The van der Waals surface area contributed by atoms with Gasteiger partial charge < -0.3 is 23.7 Å². The van der Waals surface area contributed by atoms with E-state index >= 15 is 0 Å². The molecule has 0 fully saturated rings. The second-order valence-electron chi connectivity index (χ2n) is 18.7. The molecule has 0 aromatic heterocycles. The molecule has 0 aliphatic rings. The molecule has 13 heteroatoms. The quantitative estimate of drug-likeness (QED) is 0.0517. The fourth-order valence-electron chi connectivity index (χ4n) is 10.5. The molecule has 12 rings (SSSR count). The Bertz CT molecular complexity index is 3430. The van der Waals surface area contributed by atoms with Crippen molar-refractivity contribution < 1.29 is 36.0 Å². The van der Waals surface area contributed by atoms with Gasteiger partial charge in [0, 0.05) is 17.4 Å². The van der Waals surface area contributed by atoms with Crippen LogP contribution in [0.1, 0.15) is 0 Å². The molecule has 0 spiro atoms. The van der Waals surface area contributed by atoms with Gasteiger partial charge in [0.25, 0.3) is 0 Å². The minimum Gasteiger partial charge on any atom is -0.148 e. The topological polar surface area (TPSA) is 155 Å². The van der Waals surface area contributed by atoms with Gasteiger partial charge in [0.15, 0.2) is 0 Å². The van der Waals surface area contributed by atoms with Crippen LogP contribution in [0, 0.1) is 50.3 Å². The van der Waals surface area contributed by atoms with Gasteiger partial charge in [-0.15, -0.1) is 8.35 Å². The van der Waals surface area contributed by atoms with Gasteiger partial charge in [0.05, 0.1) is 63.7 Å². The Balaban J connectivity index is 0.000000331. The van der Waals surface area contributed by atoms with E-state index in [4.69, 9.17) is 50.6 Å².